The minimum atomic E-state index is -0.859. The number of hydrogen-bond acceptors (Lipinski definition) is 5. The molecule has 132 valence electrons. The third kappa shape index (κ3) is 5.42. The number of ether oxygens (including phenoxy) is 2. The standard InChI is InChI=1S/C17H24N2O5/c1-17(2,3)24-16(22)19-9-13(14(20)10-19)18-15(21)23-11-12-7-5-4-6-8-12/h4-8,13-14,20H,9-11H2,1-3H3,(H,18,21)/t13-,14-/m1/s1. The van der Waals surface area contributed by atoms with Gasteiger partial charge in [0.2, 0.25) is 0 Å². The Morgan fingerprint density at radius 3 is 2.54 bits per heavy atom. The highest BCUT2D eigenvalue weighted by molar-refractivity contribution is 5.70. The SMILES string of the molecule is CC(C)(C)OC(=O)N1C[C@@H](O)[C@H](NC(=O)OCc2ccccc2)C1. The summed E-state index contributed by atoms with van der Waals surface area (Å²) in [5, 5.41) is 12.6. The maximum atomic E-state index is 12.0. The summed E-state index contributed by atoms with van der Waals surface area (Å²) in [6, 6.07) is 8.71. The number of hydrogen-bond donors (Lipinski definition) is 2. The number of carbonyl (C=O) groups excluding carboxylic acids is 2. The van der Waals surface area contributed by atoms with E-state index < -0.39 is 29.9 Å². The van der Waals surface area contributed by atoms with Gasteiger partial charge in [0.25, 0.3) is 0 Å². The number of aliphatic hydroxyl groups excluding tert-OH is 1. The molecule has 0 radical (unpaired) electrons. The van der Waals surface area contributed by atoms with Crippen LogP contribution in [0.25, 0.3) is 0 Å². The molecule has 0 saturated carbocycles. The van der Waals surface area contributed by atoms with Crippen molar-refractivity contribution in [3.63, 3.8) is 0 Å². The fourth-order valence-electron chi connectivity index (χ4n) is 2.32. The fourth-order valence-corrected chi connectivity index (χ4v) is 2.32. The van der Waals surface area contributed by atoms with Crippen molar-refractivity contribution >= 4 is 12.2 Å². The molecule has 1 saturated heterocycles. The summed E-state index contributed by atoms with van der Waals surface area (Å²) in [5.74, 6) is 0. The molecular weight excluding hydrogens is 312 g/mol. The van der Waals surface area contributed by atoms with Crippen LogP contribution in [0.1, 0.15) is 26.3 Å². The van der Waals surface area contributed by atoms with Gasteiger partial charge in [0, 0.05) is 6.54 Å². The molecule has 1 aliphatic heterocycles. The van der Waals surface area contributed by atoms with Gasteiger partial charge in [-0.2, -0.15) is 0 Å². The Morgan fingerprint density at radius 2 is 1.92 bits per heavy atom. The predicted molar refractivity (Wildman–Crippen MR) is 87.4 cm³/mol. The van der Waals surface area contributed by atoms with E-state index in [4.69, 9.17) is 9.47 Å². The molecule has 1 heterocycles. The van der Waals surface area contributed by atoms with Crippen molar-refractivity contribution in [2.75, 3.05) is 13.1 Å². The second-order valence-corrected chi connectivity index (χ2v) is 6.77. The first-order chi connectivity index (χ1) is 11.2. The quantitative estimate of drug-likeness (QED) is 0.880. The second kappa shape index (κ2) is 7.53. The smallest absolute Gasteiger partial charge is 0.410 e. The number of alkyl carbamates (subject to hydrolysis) is 1. The zero-order valence-electron chi connectivity index (χ0n) is 14.2. The summed E-state index contributed by atoms with van der Waals surface area (Å²) in [6.07, 6.45) is -2.00. The molecule has 7 heteroatoms. The first kappa shape index (κ1) is 18.1. The molecule has 1 aromatic rings. The molecule has 1 aliphatic rings. The van der Waals surface area contributed by atoms with Crippen LogP contribution in [0.5, 0.6) is 0 Å². The lowest BCUT2D eigenvalue weighted by atomic mass is 10.2. The van der Waals surface area contributed by atoms with Crippen LogP contribution in [-0.4, -0.2) is 53.0 Å². The molecule has 1 fully saturated rings. The Morgan fingerprint density at radius 1 is 1.25 bits per heavy atom. The first-order valence-corrected chi connectivity index (χ1v) is 7.88. The Kier molecular flexibility index (Phi) is 5.66. The molecule has 7 nitrogen and oxygen atoms in total. The van der Waals surface area contributed by atoms with Gasteiger partial charge in [0.1, 0.15) is 12.2 Å². The van der Waals surface area contributed by atoms with Gasteiger partial charge in [-0.3, -0.25) is 0 Å². The van der Waals surface area contributed by atoms with Crippen LogP contribution < -0.4 is 5.32 Å². The zero-order chi connectivity index (χ0) is 17.7. The van der Waals surface area contributed by atoms with Gasteiger partial charge in [0.05, 0.1) is 18.7 Å². The second-order valence-electron chi connectivity index (χ2n) is 6.77. The number of β-amino-alcohol motifs (C(OH)–C–C–N with tert-alkyl or cyclic N) is 1. The highest BCUT2D eigenvalue weighted by atomic mass is 16.6. The number of rotatable bonds is 3. The molecule has 0 spiro atoms. The minimum Gasteiger partial charge on any atom is -0.445 e. The van der Waals surface area contributed by atoms with E-state index in [1.54, 1.807) is 20.8 Å². The Hall–Kier alpha value is -2.28. The summed E-state index contributed by atoms with van der Waals surface area (Å²) < 4.78 is 10.4. The van der Waals surface area contributed by atoms with Crippen molar-refractivity contribution < 1.29 is 24.2 Å². The third-order valence-electron chi connectivity index (χ3n) is 3.46. The zero-order valence-corrected chi connectivity index (χ0v) is 14.2. The van der Waals surface area contributed by atoms with E-state index in [1.165, 1.54) is 4.90 Å². The number of nitrogens with one attached hydrogen (secondary N) is 1. The van der Waals surface area contributed by atoms with Crippen molar-refractivity contribution in [3.05, 3.63) is 35.9 Å². The van der Waals surface area contributed by atoms with E-state index in [1.807, 2.05) is 30.3 Å². The predicted octanol–water partition coefficient (Wildman–Crippen LogP) is 1.89. The van der Waals surface area contributed by atoms with Gasteiger partial charge in [-0.1, -0.05) is 30.3 Å². The molecule has 0 aromatic heterocycles. The van der Waals surface area contributed by atoms with E-state index in [0.717, 1.165) is 5.56 Å². The van der Waals surface area contributed by atoms with Gasteiger partial charge in [0.15, 0.2) is 0 Å². The number of benzene rings is 1. The lowest BCUT2D eigenvalue weighted by molar-refractivity contribution is 0.0269. The molecule has 0 unspecified atom stereocenters. The Labute approximate surface area is 141 Å². The molecule has 0 aliphatic carbocycles. The third-order valence-corrected chi connectivity index (χ3v) is 3.46. The van der Waals surface area contributed by atoms with Crippen molar-refractivity contribution in [1.82, 2.24) is 10.2 Å². The average molecular weight is 336 g/mol. The van der Waals surface area contributed by atoms with Crippen molar-refractivity contribution in [3.8, 4) is 0 Å². The summed E-state index contributed by atoms with van der Waals surface area (Å²) in [5.41, 5.74) is 0.261. The van der Waals surface area contributed by atoms with Crippen LogP contribution in [0.15, 0.2) is 30.3 Å². The molecule has 1 aromatic carbocycles. The van der Waals surface area contributed by atoms with Gasteiger partial charge in [-0.25, -0.2) is 9.59 Å². The minimum absolute atomic E-state index is 0.110. The van der Waals surface area contributed by atoms with Gasteiger partial charge >= 0.3 is 12.2 Å². The fraction of sp³-hybridized carbons (Fsp3) is 0.529. The van der Waals surface area contributed by atoms with E-state index in [9.17, 15) is 14.7 Å². The average Bonchev–Trinajstić information content (AvgIpc) is 2.86. The van der Waals surface area contributed by atoms with Crippen LogP contribution in [0.3, 0.4) is 0 Å². The summed E-state index contributed by atoms with van der Waals surface area (Å²) >= 11 is 0. The monoisotopic (exact) mass is 336 g/mol. The lowest BCUT2D eigenvalue weighted by Gasteiger charge is -2.24. The summed E-state index contributed by atoms with van der Waals surface area (Å²) in [7, 11) is 0. The van der Waals surface area contributed by atoms with E-state index >= 15 is 0 Å². The molecule has 2 atom stereocenters. The number of carbonyl (C=O) groups is 2. The van der Waals surface area contributed by atoms with E-state index in [0.29, 0.717) is 0 Å². The van der Waals surface area contributed by atoms with Gasteiger partial charge in [-0.05, 0) is 26.3 Å². The molecule has 2 N–H and O–H groups in total. The van der Waals surface area contributed by atoms with Crippen LogP contribution in [-0.2, 0) is 16.1 Å². The first-order valence-electron chi connectivity index (χ1n) is 7.88. The van der Waals surface area contributed by atoms with Crippen molar-refractivity contribution in [1.29, 1.82) is 0 Å². The van der Waals surface area contributed by atoms with Crippen LogP contribution >= 0.6 is 0 Å². The van der Waals surface area contributed by atoms with Crippen LogP contribution in [0.2, 0.25) is 0 Å². The highest BCUT2D eigenvalue weighted by Gasteiger charge is 2.37. The largest absolute Gasteiger partial charge is 0.445 e. The molecule has 2 rings (SSSR count). The molecule has 2 amide bonds. The van der Waals surface area contributed by atoms with Crippen LogP contribution in [0, 0.1) is 0 Å². The van der Waals surface area contributed by atoms with Gasteiger partial charge < -0.3 is 24.8 Å². The topological polar surface area (TPSA) is 88.1 Å². The van der Waals surface area contributed by atoms with Crippen molar-refractivity contribution in [2.24, 2.45) is 0 Å². The number of aliphatic hydroxyl groups is 1. The van der Waals surface area contributed by atoms with E-state index in [-0.39, 0.29) is 19.7 Å². The lowest BCUT2D eigenvalue weighted by Crippen LogP contribution is -2.43. The normalized spacial score (nSPS) is 20.6. The number of amides is 2. The number of likely N-dealkylation sites (tertiary alicyclic amines) is 1. The number of nitrogens with zero attached hydrogens (tertiary/aromatic N) is 1. The highest BCUT2D eigenvalue weighted by Crippen LogP contribution is 2.16. The summed E-state index contributed by atoms with van der Waals surface area (Å²) in [6.45, 7) is 5.75. The van der Waals surface area contributed by atoms with E-state index in [2.05, 4.69) is 5.32 Å². The van der Waals surface area contributed by atoms with Crippen molar-refractivity contribution in [2.45, 2.75) is 45.1 Å². The Bertz CT molecular complexity index is 570. The maximum Gasteiger partial charge on any atom is 0.410 e. The Balaban J connectivity index is 1.80. The molecule has 0 bridgehead atoms. The molecule has 24 heavy (non-hydrogen) atoms. The van der Waals surface area contributed by atoms with Crippen LogP contribution in [0.4, 0.5) is 9.59 Å². The molecular formula is C17H24N2O5. The van der Waals surface area contributed by atoms with Gasteiger partial charge in [-0.15, -0.1) is 0 Å². The maximum absolute atomic E-state index is 12.0. The summed E-state index contributed by atoms with van der Waals surface area (Å²) in [4.78, 5) is 25.2.